The molecule has 1 N–H and O–H groups in total. The number of benzene rings is 1. The maximum atomic E-state index is 13.0. The summed E-state index contributed by atoms with van der Waals surface area (Å²) in [5, 5.41) is 3.03. The first-order chi connectivity index (χ1) is 8.69. The fourth-order valence-electron chi connectivity index (χ4n) is 2.20. The number of rotatable bonds is 1. The molecule has 6 heteroatoms. The number of halogens is 4. The predicted molar refractivity (Wildman–Crippen MR) is 62.2 cm³/mol. The van der Waals surface area contributed by atoms with Gasteiger partial charge in [0.25, 0.3) is 0 Å². The summed E-state index contributed by atoms with van der Waals surface area (Å²) < 4.78 is 57.5. The smallest absolute Gasteiger partial charge is 0.365 e. The summed E-state index contributed by atoms with van der Waals surface area (Å²) >= 11 is 0. The third-order valence-electron chi connectivity index (χ3n) is 3.01. The molecule has 19 heavy (non-hydrogen) atoms. The van der Waals surface area contributed by atoms with Crippen molar-refractivity contribution in [3.05, 3.63) is 35.1 Å². The molecule has 1 unspecified atom stereocenters. The number of ether oxygens (including phenoxy) is 1. The molecule has 106 valence electrons. The average Bonchev–Trinajstić information content (AvgIpc) is 2.26. The van der Waals surface area contributed by atoms with Gasteiger partial charge in [-0.2, -0.15) is 13.2 Å². The van der Waals surface area contributed by atoms with Gasteiger partial charge in [0, 0.05) is 13.1 Å². The van der Waals surface area contributed by atoms with E-state index in [0.717, 1.165) is 12.1 Å². The maximum Gasteiger partial charge on any atom is 0.416 e. The lowest BCUT2D eigenvalue weighted by Crippen LogP contribution is -2.47. The van der Waals surface area contributed by atoms with Crippen molar-refractivity contribution in [2.24, 2.45) is 0 Å². The lowest BCUT2D eigenvalue weighted by Gasteiger charge is -2.37. The quantitative estimate of drug-likeness (QED) is 0.795. The Kier molecular flexibility index (Phi) is 3.57. The van der Waals surface area contributed by atoms with Gasteiger partial charge in [-0.05, 0) is 31.5 Å². The summed E-state index contributed by atoms with van der Waals surface area (Å²) in [5.74, 6) is -0.904. The fraction of sp³-hybridized carbons (Fsp3) is 0.538. The Morgan fingerprint density at radius 2 is 2.00 bits per heavy atom. The topological polar surface area (TPSA) is 21.3 Å². The number of nitrogens with one attached hydrogen (secondary N) is 1. The third-order valence-corrected chi connectivity index (χ3v) is 3.01. The molecule has 1 heterocycles. The maximum absolute atomic E-state index is 13.0. The lowest BCUT2D eigenvalue weighted by atomic mass is 9.98. The van der Waals surface area contributed by atoms with E-state index in [1.807, 2.05) is 0 Å². The molecule has 0 aromatic heterocycles. The SMILES string of the molecule is CC1(C)CNCC(c2ccc(F)cc2C(F)(F)F)O1. The van der Waals surface area contributed by atoms with Gasteiger partial charge in [-0.15, -0.1) is 0 Å². The summed E-state index contributed by atoms with van der Waals surface area (Å²) in [5.41, 5.74) is -1.56. The first kappa shape index (κ1) is 14.3. The Labute approximate surface area is 108 Å². The van der Waals surface area contributed by atoms with E-state index in [2.05, 4.69) is 5.32 Å². The van der Waals surface area contributed by atoms with Crippen molar-refractivity contribution in [1.82, 2.24) is 5.32 Å². The minimum atomic E-state index is -4.59. The van der Waals surface area contributed by atoms with Crippen LogP contribution in [0.1, 0.15) is 31.1 Å². The molecule has 2 rings (SSSR count). The van der Waals surface area contributed by atoms with Gasteiger partial charge in [0.2, 0.25) is 0 Å². The summed E-state index contributed by atoms with van der Waals surface area (Å²) in [7, 11) is 0. The van der Waals surface area contributed by atoms with Gasteiger partial charge in [0.1, 0.15) is 5.82 Å². The van der Waals surface area contributed by atoms with Crippen LogP contribution < -0.4 is 5.32 Å². The van der Waals surface area contributed by atoms with Crippen LogP contribution in [0.3, 0.4) is 0 Å². The summed E-state index contributed by atoms with van der Waals surface area (Å²) in [6.45, 7) is 4.43. The van der Waals surface area contributed by atoms with Crippen LogP contribution in [-0.4, -0.2) is 18.7 Å². The van der Waals surface area contributed by atoms with E-state index < -0.39 is 29.3 Å². The molecule has 0 bridgehead atoms. The van der Waals surface area contributed by atoms with Gasteiger partial charge in [0.05, 0.1) is 17.3 Å². The Morgan fingerprint density at radius 1 is 1.32 bits per heavy atom. The highest BCUT2D eigenvalue weighted by molar-refractivity contribution is 5.33. The largest absolute Gasteiger partial charge is 0.416 e. The van der Waals surface area contributed by atoms with Crippen LogP contribution in [0.25, 0.3) is 0 Å². The van der Waals surface area contributed by atoms with Crippen molar-refractivity contribution in [2.75, 3.05) is 13.1 Å². The molecule has 0 spiro atoms. The van der Waals surface area contributed by atoms with E-state index in [4.69, 9.17) is 4.74 Å². The standard InChI is InChI=1S/C13H15F4NO/c1-12(2)7-18-6-11(19-12)9-4-3-8(14)5-10(9)13(15,16)17/h3-5,11,18H,6-7H2,1-2H3. The van der Waals surface area contributed by atoms with Crippen LogP contribution in [0.2, 0.25) is 0 Å². The molecule has 1 aromatic carbocycles. The van der Waals surface area contributed by atoms with Crippen molar-refractivity contribution in [1.29, 1.82) is 0 Å². The number of hydrogen-bond acceptors (Lipinski definition) is 2. The number of hydrogen-bond donors (Lipinski definition) is 1. The first-order valence-electron chi connectivity index (χ1n) is 5.94. The molecule has 0 radical (unpaired) electrons. The van der Waals surface area contributed by atoms with Crippen LogP contribution in [0.4, 0.5) is 17.6 Å². The summed E-state index contributed by atoms with van der Waals surface area (Å²) in [4.78, 5) is 0. The zero-order valence-corrected chi connectivity index (χ0v) is 10.6. The number of morpholine rings is 1. The molecule has 0 amide bonds. The molecule has 1 fully saturated rings. The van der Waals surface area contributed by atoms with Gasteiger partial charge in [-0.3, -0.25) is 0 Å². The van der Waals surface area contributed by atoms with Crippen LogP contribution >= 0.6 is 0 Å². The molecule has 2 nitrogen and oxygen atoms in total. The van der Waals surface area contributed by atoms with E-state index in [1.165, 1.54) is 0 Å². The van der Waals surface area contributed by atoms with Crippen molar-refractivity contribution in [3.63, 3.8) is 0 Å². The molecule has 1 aliphatic rings. The van der Waals surface area contributed by atoms with Crippen molar-refractivity contribution in [3.8, 4) is 0 Å². The minimum absolute atomic E-state index is 0.0332. The van der Waals surface area contributed by atoms with Crippen molar-refractivity contribution in [2.45, 2.75) is 31.7 Å². The van der Waals surface area contributed by atoms with E-state index in [1.54, 1.807) is 13.8 Å². The highest BCUT2D eigenvalue weighted by Crippen LogP contribution is 2.38. The first-order valence-corrected chi connectivity index (χ1v) is 5.94. The van der Waals surface area contributed by atoms with E-state index in [0.29, 0.717) is 12.6 Å². The second kappa shape index (κ2) is 4.76. The van der Waals surface area contributed by atoms with Gasteiger partial charge in [0.15, 0.2) is 0 Å². The van der Waals surface area contributed by atoms with E-state index in [9.17, 15) is 17.6 Å². The molecule has 1 atom stereocenters. The highest BCUT2D eigenvalue weighted by Gasteiger charge is 2.38. The molecule has 0 aliphatic carbocycles. The normalized spacial score (nSPS) is 23.4. The van der Waals surface area contributed by atoms with Gasteiger partial charge < -0.3 is 10.1 Å². The monoisotopic (exact) mass is 277 g/mol. The third kappa shape index (κ3) is 3.25. The zero-order chi connectivity index (χ0) is 14.3. The molecule has 1 aromatic rings. The van der Waals surface area contributed by atoms with Gasteiger partial charge >= 0.3 is 6.18 Å². The van der Waals surface area contributed by atoms with Gasteiger partial charge in [-0.1, -0.05) is 6.07 Å². The predicted octanol–water partition coefficient (Wildman–Crippen LogP) is 3.28. The summed E-state index contributed by atoms with van der Waals surface area (Å²) in [6.07, 6.45) is -5.33. The second-order valence-electron chi connectivity index (χ2n) is 5.23. The molecule has 1 aliphatic heterocycles. The van der Waals surface area contributed by atoms with Crippen molar-refractivity contribution < 1.29 is 22.3 Å². The number of alkyl halides is 3. The fourth-order valence-corrected chi connectivity index (χ4v) is 2.20. The zero-order valence-electron chi connectivity index (χ0n) is 10.6. The molecule has 0 saturated carbocycles. The van der Waals surface area contributed by atoms with E-state index in [-0.39, 0.29) is 12.1 Å². The average molecular weight is 277 g/mol. The Bertz CT molecular complexity index is 470. The molecular weight excluding hydrogens is 262 g/mol. The van der Waals surface area contributed by atoms with Crippen LogP contribution in [0.5, 0.6) is 0 Å². The highest BCUT2D eigenvalue weighted by atomic mass is 19.4. The van der Waals surface area contributed by atoms with Crippen molar-refractivity contribution >= 4 is 0 Å². The van der Waals surface area contributed by atoms with Gasteiger partial charge in [-0.25, -0.2) is 4.39 Å². The Hall–Kier alpha value is -1.14. The summed E-state index contributed by atoms with van der Waals surface area (Å²) in [6, 6.07) is 2.68. The van der Waals surface area contributed by atoms with Crippen LogP contribution in [0.15, 0.2) is 18.2 Å². The Morgan fingerprint density at radius 3 is 2.58 bits per heavy atom. The molecular formula is C13H15F4NO. The lowest BCUT2D eigenvalue weighted by molar-refractivity contribution is -0.143. The van der Waals surface area contributed by atoms with Crippen LogP contribution in [0, 0.1) is 5.82 Å². The Balaban J connectivity index is 2.39. The minimum Gasteiger partial charge on any atom is -0.365 e. The van der Waals surface area contributed by atoms with Crippen LogP contribution in [-0.2, 0) is 10.9 Å². The molecule has 1 saturated heterocycles. The second-order valence-corrected chi connectivity index (χ2v) is 5.23. The van der Waals surface area contributed by atoms with E-state index >= 15 is 0 Å².